The van der Waals surface area contributed by atoms with E-state index in [1.54, 1.807) is 12.1 Å². The maximum Gasteiger partial charge on any atom is 0.340 e. The van der Waals surface area contributed by atoms with Crippen LogP contribution >= 0.6 is 0 Å². The number of alkyl halides is 1. The smallest absolute Gasteiger partial charge is 0.340 e. The molecule has 40 heavy (non-hydrogen) atoms. The fourth-order valence-corrected chi connectivity index (χ4v) is 4.72. The monoisotopic (exact) mass is 553 g/mol. The summed E-state index contributed by atoms with van der Waals surface area (Å²) >= 11 is 0. The molecule has 1 fully saturated rings. The molecule has 0 spiro atoms. The van der Waals surface area contributed by atoms with E-state index in [0.29, 0.717) is 17.2 Å². The molecule has 3 N–H and O–H groups in total. The van der Waals surface area contributed by atoms with Crippen LogP contribution in [0.3, 0.4) is 0 Å². The van der Waals surface area contributed by atoms with Gasteiger partial charge in [0.15, 0.2) is 11.6 Å². The number of carboxylic acid groups (broad SMARTS) is 1. The highest BCUT2D eigenvalue weighted by atomic mass is 19.2. The Morgan fingerprint density at radius 1 is 0.900 bits per heavy atom. The molecule has 1 saturated carbocycles. The summed E-state index contributed by atoms with van der Waals surface area (Å²) in [6.07, 6.45) is 3.67. The quantitative estimate of drug-likeness (QED) is 0.285. The van der Waals surface area contributed by atoms with Crippen molar-refractivity contribution in [2.24, 2.45) is 0 Å². The van der Waals surface area contributed by atoms with Crippen LogP contribution in [0, 0.1) is 11.6 Å². The van der Waals surface area contributed by atoms with Gasteiger partial charge in [0.2, 0.25) is 6.17 Å². The molecule has 1 aliphatic rings. The number of hydrogen-bond donors (Lipinski definition) is 3. The summed E-state index contributed by atoms with van der Waals surface area (Å²) < 4.78 is 40.4. The number of urea groups is 1. The van der Waals surface area contributed by atoms with E-state index in [9.17, 15) is 27.6 Å². The summed E-state index contributed by atoms with van der Waals surface area (Å²) in [4.78, 5) is 37.6. The zero-order chi connectivity index (χ0) is 28.6. The lowest BCUT2D eigenvalue weighted by Gasteiger charge is -2.26. The molecule has 4 rings (SSSR count). The molecule has 1 aliphatic carbocycles. The maximum atomic E-state index is 13.7. The van der Waals surface area contributed by atoms with Gasteiger partial charge in [0.25, 0.3) is 5.91 Å². The first-order valence-electron chi connectivity index (χ1n) is 13.1. The van der Waals surface area contributed by atoms with Crippen molar-refractivity contribution in [1.29, 1.82) is 0 Å². The number of hydrogen-bond acceptors (Lipinski definition) is 3. The molecule has 1 unspecified atom stereocenters. The SMILES string of the molecule is O=C(NCC(F)C(=O)O)c1ccc(CN(C(=O)Nc2ccc(F)c(F)c2)c2ccc(C3CCCCC3)cc2)cc1. The number of anilines is 2. The number of nitrogens with one attached hydrogen (secondary N) is 2. The van der Waals surface area contributed by atoms with Crippen molar-refractivity contribution in [3.63, 3.8) is 0 Å². The van der Waals surface area contributed by atoms with Crippen LogP contribution < -0.4 is 15.5 Å². The average molecular weight is 554 g/mol. The van der Waals surface area contributed by atoms with Gasteiger partial charge in [-0.1, -0.05) is 43.5 Å². The van der Waals surface area contributed by atoms with Gasteiger partial charge in [-0.2, -0.15) is 0 Å². The molecule has 3 aromatic carbocycles. The number of aliphatic carboxylic acids is 1. The van der Waals surface area contributed by atoms with E-state index in [2.05, 4.69) is 10.6 Å². The average Bonchev–Trinajstić information content (AvgIpc) is 2.97. The van der Waals surface area contributed by atoms with Crippen molar-refractivity contribution in [2.75, 3.05) is 16.8 Å². The van der Waals surface area contributed by atoms with E-state index in [1.807, 2.05) is 24.3 Å². The molecule has 1 atom stereocenters. The lowest BCUT2D eigenvalue weighted by molar-refractivity contribution is -0.142. The Morgan fingerprint density at radius 2 is 1.57 bits per heavy atom. The molecule has 0 saturated heterocycles. The fourth-order valence-electron chi connectivity index (χ4n) is 4.72. The van der Waals surface area contributed by atoms with E-state index in [-0.39, 0.29) is 17.8 Å². The molecule has 0 bridgehead atoms. The normalized spacial score (nSPS) is 14.3. The Labute approximate surface area is 230 Å². The van der Waals surface area contributed by atoms with Gasteiger partial charge in [-0.15, -0.1) is 0 Å². The van der Waals surface area contributed by atoms with Crippen LogP contribution in [0.25, 0.3) is 0 Å². The minimum atomic E-state index is -2.21. The van der Waals surface area contributed by atoms with Crippen molar-refractivity contribution < 1.29 is 32.7 Å². The molecule has 210 valence electrons. The van der Waals surface area contributed by atoms with Crippen LogP contribution in [0.5, 0.6) is 0 Å². The van der Waals surface area contributed by atoms with Gasteiger partial charge in [-0.05, 0) is 66.3 Å². The molecule has 0 radical (unpaired) electrons. The van der Waals surface area contributed by atoms with Gasteiger partial charge in [-0.25, -0.2) is 22.8 Å². The van der Waals surface area contributed by atoms with E-state index in [0.717, 1.165) is 25.0 Å². The molecular formula is C30H30F3N3O4. The van der Waals surface area contributed by atoms with Crippen LogP contribution in [0.1, 0.15) is 59.5 Å². The molecule has 0 aromatic heterocycles. The first-order chi connectivity index (χ1) is 19.2. The Morgan fingerprint density at radius 3 is 2.20 bits per heavy atom. The molecule has 7 nitrogen and oxygen atoms in total. The number of rotatable bonds is 9. The topological polar surface area (TPSA) is 98.7 Å². The molecular weight excluding hydrogens is 523 g/mol. The molecule has 3 amide bonds. The number of nitrogens with zero attached hydrogens (tertiary/aromatic N) is 1. The van der Waals surface area contributed by atoms with Crippen molar-refractivity contribution in [1.82, 2.24) is 5.32 Å². The zero-order valence-electron chi connectivity index (χ0n) is 21.7. The number of benzene rings is 3. The predicted octanol–water partition coefficient (Wildman–Crippen LogP) is 6.40. The van der Waals surface area contributed by atoms with Crippen molar-refractivity contribution in [3.05, 3.63) is 95.1 Å². The summed E-state index contributed by atoms with van der Waals surface area (Å²) in [5.74, 6) is -3.93. The Kier molecular flexibility index (Phi) is 9.42. The second-order valence-corrected chi connectivity index (χ2v) is 9.78. The Hall–Kier alpha value is -4.34. The highest BCUT2D eigenvalue weighted by Gasteiger charge is 2.21. The predicted molar refractivity (Wildman–Crippen MR) is 145 cm³/mol. The third-order valence-electron chi connectivity index (χ3n) is 6.96. The number of carboxylic acids is 1. The van der Waals surface area contributed by atoms with Crippen molar-refractivity contribution in [2.45, 2.75) is 50.7 Å². The summed E-state index contributed by atoms with van der Waals surface area (Å²) in [6, 6.07) is 16.4. The fraction of sp³-hybridized carbons (Fsp3) is 0.300. The van der Waals surface area contributed by atoms with Crippen LogP contribution in [0.15, 0.2) is 66.7 Å². The van der Waals surface area contributed by atoms with E-state index in [4.69, 9.17) is 5.11 Å². The second kappa shape index (κ2) is 13.1. The highest BCUT2D eigenvalue weighted by Crippen LogP contribution is 2.33. The highest BCUT2D eigenvalue weighted by molar-refractivity contribution is 6.01. The van der Waals surface area contributed by atoms with Gasteiger partial charge >= 0.3 is 12.0 Å². The standard InChI is InChI=1S/C30H30F3N3O4/c31-25-15-12-23(16-26(25)32)35-30(40)36(24-13-10-21(11-14-24)20-4-2-1-3-5-20)18-19-6-8-22(9-7-19)28(37)34-17-27(33)29(38)39/h6-16,20,27H,1-5,17-18H2,(H,34,37)(H,35,40)(H,38,39). The Bertz CT molecular complexity index is 1340. The lowest BCUT2D eigenvalue weighted by atomic mass is 9.84. The summed E-state index contributed by atoms with van der Waals surface area (Å²) in [5.41, 5.74) is 2.73. The number of amides is 3. The van der Waals surface area contributed by atoms with E-state index >= 15 is 0 Å². The van der Waals surface area contributed by atoms with Crippen LogP contribution in [-0.2, 0) is 11.3 Å². The molecule has 10 heteroatoms. The minimum absolute atomic E-state index is 0.0890. The van der Waals surface area contributed by atoms with Crippen molar-refractivity contribution >= 4 is 29.3 Å². The van der Waals surface area contributed by atoms with Gasteiger partial charge in [0.1, 0.15) is 0 Å². The van der Waals surface area contributed by atoms with Crippen molar-refractivity contribution in [3.8, 4) is 0 Å². The van der Waals surface area contributed by atoms with Crippen LogP contribution in [0.4, 0.5) is 29.3 Å². The number of carbonyl (C=O) groups is 3. The third kappa shape index (κ3) is 7.40. The van der Waals surface area contributed by atoms with Gasteiger partial charge < -0.3 is 15.7 Å². The largest absolute Gasteiger partial charge is 0.479 e. The first kappa shape index (κ1) is 28.7. The maximum absolute atomic E-state index is 13.7. The zero-order valence-corrected chi connectivity index (χ0v) is 21.7. The minimum Gasteiger partial charge on any atom is -0.479 e. The molecule has 0 aliphatic heterocycles. The van der Waals surface area contributed by atoms with Crippen LogP contribution in [-0.4, -0.2) is 35.7 Å². The summed E-state index contributed by atoms with van der Waals surface area (Å²) in [5, 5.41) is 13.5. The molecule has 3 aromatic rings. The summed E-state index contributed by atoms with van der Waals surface area (Å²) in [6.45, 7) is -0.573. The number of halogens is 3. The molecule has 0 heterocycles. The Balaban J connectivity index is 1.52. The van der Waals surface area contributed by atoms with E-state index in [1.165, 1.54) is 47.9 Å². The van der Waals surface area contributed by atoms with Gasteiger partial charge in [0.05, 0.1) is 13.1 Å². The number of carbonyl (C=O) groups excluding carboxylic acids is 2. The van der Waals surface area contributed by atoms with Crippen LogP contribution in [0.2, 0.25) is 0 Å². The van der Waals surface area contributed by atoms with Gasteiger partial charge in [0, 0.05) is 23.0 Å². The lowest BCUT2D eigenvalue weighted by Crippen LogP contribution is -2.35. The van der Waals surface area contributed by atoms with E-state index < -0.39 is 42.3 Å². The van der Waals surface area contributed by atoms with Gasteiger partial charge in [-0.3, -0.25) is 9.69 Å². The second-order valence-electron chi connectivity index (χ2n) is 9.78. The third-order valence-corrected chi connectivity index (χ3v) is 6.96. The summed E-state index contributed by atoms with van der Waals surface area (Å²) in [7, 11) is 0. The first-order valence-corrected chi connectivity index (χ1v) is 13.1.